The van der Waals surface area contributed by atoms with E-state index in [1.165, 1.54) is 21.9 Å². The Balaban J connectivity index is 1.32. The zero-order valence-electron chi connectivity index (χ0n) is 16.5. The van der Waals surface area contributed by atoms with E-state index in [1.54, 1.807) is 24.3 Å². The second-order valence-corrected chi connectivity index (χ2v) is 7.88. The average molecular weight is 422 g/mol. The quantitative estimate of drug-likeness (QED) is 0.725. The van der Waals surface area contributed by atoms with E-state index in [-0.39, 0.29) is 30.8 Å². The monoisotopic (exact) mass is 422 g/mol. The summed E-state index contributed by atoms with van der Waals surface area (Å²) in [4.78, 5) is 52.0. The number of nitrogens with one attached hydrogen (secondary N) is 2. The smallest absolute Gasteiger partial charge is 0.322 e. The second kappa shape index (κ2) is 7.19. The van der Waals surface area contributed by atoms with Gasteiger partial charge in [-0.25, -0.2) is 9.18 Å². The Labute approximate surface area is 177 Å². The summed E-state index contributed by atoms with van der Waals surface area (Å²) >= 11 is 0. The molecule has 0 aliphatic carbocycles. The predicted molar refractivity (Wildman–Crippen MR) is 109 cm³/mol. The lowest BCUT2D eigenvalue weighted by Gasteiger charge is -2.29. The molecule has 0 radical (unpaired) electrons. The van der Waals surface area contributed by atoms with Crippen LogP contribution in [0.3, 0.4) is 0 Å². The van der Waals surface area contributed by atoms with Crippen molar-refractivity contribution in [3.63, 3.8) is 0 Å². The Morgan fingerprint density at radius 2 is 1.90 bits per heavy atom. The van der Waals surface area contributed by atoms with Crippen molar-refractivity contribution < 1.29 is 23.6 Å². The van der Waals surface area contributed by atoms with Crippen molar-refractivity contribution in [2.45, 2.75) is 31.8 Å². The number of rotatable bonds is 2. The molecule has 2 aromatic carbocycles. The minimum Gasteiger partial charge on any atom is -0.322 e. The molecule has 3 aliphatic heterocycles. The number of amides is 5. The molecule has 0 saturated carbocycles. The van der Waals surface area contributed by atoms with E-state index in [0.29, 0.717) is 41.9 Å². The van der Waals surface area contributed by atoms with Crippen LogP contribution in [0.5, 0.6) is 0 Å². The highest BCUT2D eigenvalue weighted by atomic mass is 19.1. The minimum absolute atomic E-state index is 0.190. The lowest BCUT2D eigenvalue weighted by atomic mass is 10.0. The Morgan fingerprint density at radius 3 is 2.71 bits per heavy atom. The highest BCUT2D eigenvalue weighted by Gasteiger charge is 2.39. The van der Waals surface area contributed by atoms with Crippen LogP contribution >= 0.6 is 0 Å². The van der Waals surface area contributed by atoms with Crippen molar-refractivity contribution in [3.05, 3.63) is 58.9 Å². The summed E-state index contributed by atoms with van der Waals surface area (Å²) < 4.78 is 13.6. The van der Waals surface area contributed by atoms with Crippen LogP contribution in [0.2, 0.25) is 0 Å². The molecule has 1 fully saturated rings. The second-order valence-electron chi connectivity index (χ2n) is 7.88. The lowest BCUT2D eigenvalue weighted by Crippen LogP contribution is -2.52. The van der Waals surface area contributed by atoms with Crippen molar-refractivity contribution in [3.8, 4) is 0 Å². The fourth-order valence-corrected chi connectivity index (χ4v) is 4.41. The zero-order chi connectivity index (χ0) is 21.7. The molecule has 3 aliphatic rings. The van der Waals surface area contributed by atoms with Crippen LogP contribution in [-0.4, -0.2) is 41.2 Å². The van der Waals surface area contributed by atoms with Crippen molar-refractivity contribution in [2.24, 2.45) is 0 Å². The number of hydrogen-bond acceptors (Lipinski definition) is 4. The molecule has 1 unspecified atom stereocenters. The number of halogens is 1. The number of nitrogens with zero attached hydrogens (tertiary/aromatic N) is 2. The standard InChI is InChI=1S/C22H19FN4O4/c23-14-2-1-12-7-8-26(18(12)10-14)22(31)24-15-3-4-16-13(9-15)11-27(21(16)30)17-5-6-19(28)25-20(17)29/h1-4,9-10,17H,5-8,11H2,(H,24,31)(H,25,28,29). The number of imide groups is 1. The molecular weight excluding hydrogens is 403 g/mol. The van der Waals surface area contributed by atoms with E-state index < -0.39 is 17.8 Å². The largest absolute Gasteiger partial charge is 0.326 e. The van der Waals surface area contributed by atoms with Gasteiger partial charge in [0, 0.05) is 30.8 Å². The zero-order valence-corrected chi connectivity index (χ0v) is 16.5. The van der Waals surface area contributed by atoms with Gasteiger partial charge in [0.15, 0.2) is 0 Å². The van der Waals surface area contributed by atoms with Crippen LogP contribution in [0.4, 0.5) is 20.6 Å². The summed E-state index contributed by atoms with van der Waals surface area (Å²) in [6.07, 6.45) is 1.14. The maximum Gasteiger partial charge on any atom is 0.326 e. The molecule has 0 aromatic heterocycles. The first-order chi connectivity index (χ1) is 14.9. The van der Waals surface area contributed by atoms with E-state index in [1.807, 2.05) is 0 Å². The first-order valence-electron chi connectivity index (χ1n) is 10.1. The van der Waals surface area contributed by atoms with Gasteiger partial charge in [0.05, 0.1) is 5.69 Å². The molecule has 2 aromatic rings. The average Bonchev–Trinajstić information content (AvgIpc) is 3.29. The van der Waals surface area contributed by atoms with Crippen LogP contribution < -0.4 is 15.5 Å². The van der Waals surface area contributed by atoms with Gasteiger partial charge in [-0.1, -0.05) is 6.07 Å². The summed E-state index contributed by atoms with van der Waals surface area (Å²) in [6, 6.07) is 8.30. The highest BCUT2D eigenvalue weighted by Crippen LogP contribution is 2.31. The summed E-state index contributed by atoms with van der Waals surface area (Å²) in [5, 5.41) is 5.08. The van der Waals surface area contributed by atoms with Gasteiger partial charge in [-0.3, -0.25) is 24.6 Å². The molecule has 8 nitrogen and oxygen atoms in total. The van der Waals surface area contributed by atoms with Gasteiger partial charge in [-0.15, -0.1) is 0 Å². The minimum atomic E-state index is -0.688. The van der Waals surface area contributed by atoms with Gasteiger partial charge in [0.2, 0.25) is 11.8 Å². The molecule has 1 atom stereocenters. The summed E-state index contributed by atoms with van der Waals surface area (Å²) in [5.74, 6) is -1.47. The first-order valence-corrected chi connectivity index (χ1v) is 10.1. The molecule has 9 heteroatoms. The van der Waals surface area contributed by atoms with Gasteiger partial charge in [0.25, 0.3) is 5.91 Å². The lowest BCUT2D eigenvalue weighted by molar-refractivity contribution is -0.136. The van der Waals surface area contributed by atoms with Gasteiger partial charge in [0.1, 0.15) is 11.9 Å². The van der Waals surface area contributed by atoms with Crippen LogP contribution in [0.25, 0.3) is 0 Å². The number of anilines is 2. The van der Waals surface area contributed by atoms with Crippen molar-refractivity contribution in [1.82, 2.24) is 10.2 Å². The third-order valence-corrected chi connectivity index (χ3v) is 5.96. The summed E-state index contributed by atoms with van der Waals surface area (Å²) in [6.45, 7) is 0.680. The number of carbonyl (C=O) groups is 4. The number of benzene rings is 2. The molecule has 0 spiro atoms. The number of carbonyl (C=O) groups excluding carboxylic acids is 4. The van der Waals surface area contributed by atoms with Crippen LogP contribution in [-0.2, 0) is 22.6 Å². The molecule has 158 valence electrons. The van der Waals surface area contributed by atoms with Gasteiger partial charge < -0.3 is 10.2 Å². The van der Waals surface area contributed by atoms with Gasteiger partial charge in [-0.05, 0) is 54.3 Å². The predicted octanol–water partition coefficient (Wildman–Crippen LogP) is 2.18. The summed E-state index contributed by atoms with van der Waals surface area (Å²) in [7, 11) is 0. The number of fused-ring (bicyclic) bond motifs is 2. The van der Waals surface area contributed by atoms with Crippen molar-refractivity contribution >= 4 is 35.1 Å². The van der Waals surface area contributed by atoms with Crippen LogP contribution in [0, 0.1) is 5.82 Å². The SMILES string of the molecule is O=C1CCC(N2Cc3cc(NC(=O)N4CCc5ccc(F)cc54)ccc3C2=O)C(=O)N1. The van der Waals surface area contributed by atoms with Gasteiger partial charge in [-0.2, -0.15) is 0 Å². The number of urea groups is 1. The van der Waals surface area contributed by atoms with E-state index >= 15 is 0 Å². The maximum atomic E-state index is 13.6. The fraction of sp³-hybridized carbons (Fsp3) is 0.273. The first kappa shape index (κ1) is 19.2. The fourth-order valence-electron chi connectivity index (χ4n) is 4.41. The number of piperidine rings is 1. The van der Waals surface area contributed by atoms with Crippen LogP contribution in [0.15, 0.2) is 36.4 Å². The van der Waals surface area contributed by atoms with E-state index in [9.17, 15) is 23.6 Å². The van der Waals surface area contributed by atoms with Crippen molar-refractivity contribution in [1.29, 1.82) is 0 Å². The summed E-state index contributed by atoms with van der Waals surface area (Å²) in [5.41, 5.74) is 3.14. The van der Waals surface area contributed by atoms with E-state index in [4.69, 9.17) is 0 Å². The molecule has 31 heavy (non-hydrogen) atoms. The Bertz CT molecular complexity index is 1150. The topological polar surface area (TPSA) is 98.8 Å². The Morgan fingerprint density at radius 1 is 1.06 bits per heavy atom. The van der Waals surface area contributed by atoms with Gasteiger partial charge >= 0.3 is 6.03 Å². The highest BCUT2D eigenvalue weighted by molar-refractivity contribution is 6.06. The number of hydrogen-bond donors (Lipinski definition) is 2. The molecule has 5 amide bonds. The molecule has 5 rings (SSSR count). The van der Waals surface area contributed by atoms with Crippen LogP contribution in [0.1, 0.15) is 34.3 Å². The normalized spacial score (nSPS) is 19.9. The maximum absolute atomic E-state index is 13.6. The van der Waals surface area contributed by atoms with E-state index in [0.717, 1.165) is 5.56 Å². The third-order valence-electron chi connectivity index (χ3n) is 5.96. The molecule has 0 bridgehead atoms. The molecule has 2 N–H and O–H groups in total. The van der Waals surface area contributed by atoms with Crippen molar-refractivity contribution in [2.75, 3.05) is 16.8 Å². The third kappa shape index (κ3) is 3.31. The molecule has 1 saturated heterocycles. The van der Waals surface area contributed by atoms with E-state index in [2.05, 4.69) is 10.6 Å². The molecule has 3 heterocycles. The Kier molecular flexibility index (Phi) is 4.46. The molecular formula is C22H19FN4O4. The Hall–Kier alpha value is -3.75.